The van der Waals surface area contributed by atoms with Gasteiger partial charge >= 0.3 is 6.09 Å². The summed E-state index contributed by atoms with van der Waals surface area (Å²) in [5.41, 5.74) is 2.78. The van der Waals surface area contributed by atoms with Gasteiger partial charge in [-0.05, 0) is 42.0 Å². The lowest BCUT2D eigenvalue weighted by Crippen LogP contribution is -2.47. The first-order chi connectivity index (χ1) is 15.7. The second kappa shape index (κ2) is 10.4. The minimum Gasteiger partial charge on any atom is -0.440 e. The molecule has 1 fully saturated rings. The van der Waals surface area contributed by atoms with Crippen LogP contribution < -0.4 is 10.6 Å². The Balaban J connectivity index is 1.59. The number of rotatable bonds is 7. The maximum absolute atomic E-state index is 12.8. The average molecular weight is 431 g/mol. The van der Waals surface area contributed by atoms with E-state index in [0.29, 0.717) is 18.4 Å². The molecule has 0 unspecified atom stereocenters. The third-order valence-electron chi connectivity index (χ3n) is 6.35. The van der Waals surface area contributed by atoms with Crippen LogP contribution in [-0.2, 0) is 11.3 Å². The van der Waals surface area contributed by atoms with Crippen molar-refractivity contribution in [2.45, 2.75) is 38.5 Å². The second-order valence-electron chi connectivity index (χ2n) is 8.28. The summed E-state index contributed by atoms with van der Waals surface area (Å²) < 4.78 is 6.08. The zero-order valence-corrected chi connectivity index (χ0v) is 18.4. The Hall–Kier alpha value is -3.25. The first kappa shape index (κ1) is 22.0. The number of nitrogens with zero attached hydrogens (tertiary/aromatic N) is 2. The molecule has 1 aromatic carbocycles. The van der Waals surface area contributed by atoms with Crippen LogP contribution in [0.5, 0.6) is 0 Å². The zero-order chi connectivity index (χ0) is 22.3. The van der Waals surface area contributed by atoms with Crippen LogP contribution in [0.25, 0.3) is 10.9 Å². The van der Waals surface area contributed by atoms with Gasteiger partial charge in [0.2, 0.25) is 0 Å². The second-order valence-corrected chi connectivity index (χ2v) is 8.28. The number of hydrogen-bond donors (Lipinski definition) is 2. The van der Waals surface area contributed by atoms with Gasteiger partial charge in [0.05, 0.1) is 5.52 Å². The fourth-order valence-corrected chi connectivity index (χ4v) is 4.58. The number of nitrogens with one attached hydrogen (secondary N) is 2. The molecule has 2 aromatic heterocycles. The first-order valence-corrected chi connectivity index (χ1v) is 11.2. The summed E-state index contributed by atoms with van der Waals surface area (Å²) in [5.74, 6) is 0.918. The van der Waals surface area contributed by atoms with Crippen molar-refractivity contribution in [2.24, 2.45) is 11.8 Å². The lowest BCUT2D eigenvalue weighted by molar-refractivity contribution is 0.0524. The van der Waals surface area contributed by atoms with E-state index in [1.54, 1.807) is 18.6 Å². The predicted octanol–water partition coefficient (Wildman–Crippen LogP) is 4.79. The molecule has 6 heteroatoms. The van der Waals surface area contributed by atoms with E-state index in [4.69, 9.17) is 4.74 Å². The highest BCUT2D eigenvalue weighted by Gasteiger charge is 2.35. The quantitative estimate of drug-likeness (QED) is 0.527. The van der Waals surface area contributed by atoms with Crippen LogP contribution in [0.4, 0.5) is 4.79 Å². The molecule has 0 spiro atoms. The lowest BCUT2D eigenvalue weighted by atomic mass is 9.79. The number of carbonyl (C=O) groups excluding carboxylic acids is 1. The van der Waals surface area contributed by atoms with Crippen molar-refractivity contribution >= 4 is 17.0 Å². The number of fused-ring (bicyclic) bond motifs is 1. The highest BCUT2D eigenvalue weighted by atomic mass is 16.6. The number of hydrogen-bond acceptors (Lipinski definition) is 5. The summed E-state index contributed by atoms with van der Waals surface area (Å²) in [7, 11) is 0. The van der Waals surface area contributed by atoms with Crippen molar-refractivity contribution in [2.75, 3.05) is 6.54 Å². The Labute approximate surface area is 189 Å². The van der Waals surface area contributed by atoms with E-state index in [0.717, 1.165) is 41.4 Å². The van der Waals surface area contributed by atoms with Gasteiger partial charge in [-0.15, -0.1) is 6.58 Å². The van der Waals surface area contributed by atoms with Gasteiger partial charge in [-0.25, -0.2) is 4.79 Å². The molecule has 32 heavy (non-hydrogen) atoms. The summed E-state index contributed by atoms with van der Waals surface area (Å²) in [6.45, 7) is 7.41. The third kappa shape index (κ3) is 4.97. The molecule has 1 aliphatic heterocycles. The number of amides is 1. The van der Waals surface area contributed by atoms with Crippen LogP contribution in [0, 0.1) is 11.8 Å². The minimum atomic E-state index is -0.444. The molecule has 1 saturated heterocycles. The number of benzene rings is 1. The number of aromatic nitrogens is 2. The van der Waals surface area contributed by atoms with Crippen molar-refractivity contribution in [3.05, 3.63) is 84.8 Å². The number of pyridine rings is 2. The van der Waals surface area contributed by atoms with Gasteiger partial charge in [0.15, 0.2) is 0 Å². The summed E-state index contributed by atoms with van der Waals surface area (Å²) in [6, 6.07) is 13.7. The molecule has 0 saturated carbocycles. The fraction of sp³-hybridized carbons (Fsp3) is 0.346. The number of para-hydroxylation sites is 1. The molecular formula is C26H30N4O2. The van der Waals surface area contributed by atoms with Crippen molar-refractivity contribution < 1.29 is 9.53 Å². The molecule has 6 nitrogen and oxygen atoms in total. The first-order valence-electron chi connectivity index (χ1n) is 11.2. The summed E-state index contributed by atoms with van der Waals surface area (Å²) in [4.78, 5) is 21.4. The summed E-state index contributed by atoms with van der Waals surface area (Å²) in [5, 5.41) is 7.49. The molecule has 1 aliphatic rings. The molecule has 4 atom stereocenters. The van der Waals surface area contributed by atoms with Crippen molar-refractivity contribution in [3.63, 3.8) is 0 Å². The van der Waals surface area contributed by atoms with Gasteiger partial charge < -0.3 is 15.4 Å². The minimum absolute atomic E-state index is 0.00565. The maximum atomic E-state index is 12.8. The molecule has 3 aromatic rings. The molecule has 166 valence electrons. The highest BCUT2D eigenvalue weighted by Crippen LogP contribution is 2.35. The molecule has 0 aliphatic carbocycles. The van der Waals surface area contributed by atoms with Crippen LogP contribution in [-0.4, -0.2) is 28.6 Å². The van der Waals surface area contributed by atoms with Crippen LogP contribution in [0.3, 0.4) is 0 Å². The van der Waals surface area contributed by atoms with Gasteiger partial charge in [0.1, 0.15) is 6.10 Å². The fourth-order valence-electron chi connectivity index (χ4n) is 4.58. The smallest absolute Gasteiger partial charge is 0.408 e. The maximum Gasteiger partial charge on any atom is 0.408 e. The van der Waals surface area contributed by atoms with E-state index < -0.39 is 12.2 Å². The topological polar surface area (TPSA) is 76.1 Å². The molecule has 2 N–H and O–H groups in total. The van der Waals surface area contributed by atoms with Gasteiger partial charge in [-0.2, -0.15) is 0 Å². The number of carbonyl (C=O) groups is 1. The van der Waals surface area contributed by atoms with Crippen LogP contribution in [0.2, 0.25) is 0 Å². The van der Waals surface area contributed by atoms with Crippen LogP contribution in [0.15, 0.2) is 73.7 Å². The van der Waals surface area contributed by atoms with Crippen LogP contribution >= 0.6 is 0 Å². The van der Waals surface area contributed by atoms with E-state index in [1.807, 2.05) is 48.5 Å². The van der Waals surface area contributed by atoms with E-state index in [-0.39, 0.29) is 6.04 Å². The SMILES string of the molecule is C=C[C@H]1CN[C@@H]([C@@H](OC(=O)NCc2cccnc2)c2ccnc3ccccc23)C[C@@H]1CC. The normalized spacial score (nSPS) is 21.6. The largest absolute Gasteiger partial charge is 0.440 e. The van der Waals surface area contributed by atoms with E-state index >= 15 is 0 Å². The van der Waals surface area contributed by atoms with Crippen molar-refractivity contribution in [1.82, 2.24) is 20.6 Å². The number of ether oxygens (including phenoxy) is 1. The Morgan fingerprint density at radius 2 is 2.16 bits per heavy atom. The van der Waals surface area contributed by atoms with Gasteiger partial charge in [-0.3, -0.25) is 9.97 Å². The number of alkyl carbamates (subject to hydrolysis) is 1. The van der Waals surface area contributed by atoms with E-state index in [9.17, 15) is 4.79 Å². The van der Waals surface area contributed by atoms with Crippen molar-refractivity contribution in [1.29, 1.82) is 0 Å². The molecular weight excluding hydrogens is 400 g/mol. The lowest BCUT2D eigenvalue weighted by Gasteiger charge is -2.39. The van der Waals surface area contributed by atoms with E-state index in [2.05, 4.69) is 34.1 Å². The Bertz CT molecular complexity index is 1050. The molecule has 1 amide bonds. The third-order valence-corrected chi connectivity index (χ3v) is 6.35. The Morgan fingerprint density at radius 1 is 1.28 bits per heavy atom. The molecule has 4 rings (SSSR count). The Kier molecular flexibility index (Phi) is 7.12. The van der Waals surface area contributed by atoms with E-state index in [1.165, 1.54) is 0 Å². The summed E-state index contributed by atoms with van der Waals surface area (Å²) >= 11 is 0. The van der Waals surface area contributed by atoms with Gasteiger partial charge in [0.25, 0.3) is 0 Å². The summed E-state index contributed by atoms with van der Waals surface area (Å²) in [6.07, 6.45) is 8.36. The highest BCUT2D eigenvalue weighted by molar-refractivity contribution is 5.82. The Morgan fingerprint density at radius 3 is 2.94 bits per heavy atom. The van der Waals surface area contributed by atoms with Crippen LogP contribution in [0.1, 0.15) is 37.0 Å². The monoisotopic (exact) mass is 430 g/mol. The molecule has 3 heterocycles. The van der Waals surface area contributed by atoms with Gasteiger partial charge in [-0.1, -0.05) is 43.7 Å². The number of piperidine rings is 1. The van der Waals surface area contributed by atoms with Crippen molar-refractivity contribution in [3.8, 4) is 0 Å². The van der Waals surface area contributed by atoms with Gasteiger partial charge in [0, 0.05) is 48.7 Å². The standard InChI is InChI=1S/C26H30N4O2/c1-3-19-14-24(29-17-20(19)4-2)25(22-11-13-28-23-10-6-5-9-21(22)23)32-26(31)30-16-18-8-7-12-27-15-18/h4-13,15,19-20,24-25,29H,2-3,14,16-17H2,1H3,(H,30,31)/t19-,20-,24+,25-/m0/s1. The molecule has 0 radical (unpaired) electrons. The predicted molar refractivity (Wildman–Crippen MR) is 126 cm³/mol. The molecule has 0 bridgehead atoms. The average Bonchev–Trinajstić information content (AvgIpc) is 2.86. The zero-order valence-electron chi connectivity index (χ0n) is 18.4.